The van der Waals surface area contributed by atoms with E-state index in [1.807, 2.05) is 11.8 Å². The number of benzene rings is 2. The van der Waals surface area contributed by atoms with E-state index in [-0.39, 0.29) is 20.5 Å². The molecule has 0 saturated heterocycles. The van der Waals surface area contributed by atoms with Crippen LogP contribution in [0.4, 0.5) is 0 Å². The van der Waals surface area contributed by atoms with Crippen LogP contribution in [0.15, 0.2) is 52.5 Å². The summed E-state index contributed by atoms with van der Waals surface area (Å²) in [6.07, 6.45) is 0. The maximum Gasteiger partial charge on any atom is 0.356 e. The fraction of sp³-hybridized carbons (Fsp3) is 0.0667. The van der Waals surface area contributed by atoms with Crippen LogP contribution < -0.4 is 4.83 Å². The average Bonchev–Trinajstić information content (AvgIpc) is 2.51. The van der Waals surface area contributed by atoms with E-state index in [2.05, 4.69) is 5.10 Å². The Balaban J connectivity index is 2.36. The molecule has 0 bridgehead atoms. The van der Waals surface area contributed by atoms with Crippen LogP contribution in [0.3, 0.4) is 0 Å². The number of sulfonamides is 1. The van der Waals surface area contributed by atoms with Gasteiger partial charge in [0.05, 0.1) is 14.9 Å². The summed E-state index contributed by atoms with van der Waals surface area (Å²) in [5.74, 6) is -1.42. The number of carbonyl (C=O) groups is 1. The maximum atomic E-state index is 12.2. The van der Waals surface area contributed by atoms with Gasteiger partial charge >= 0.3 is 5.97 Å². The third-order valence-corrected chi connectivity index (χ3v) is 4.97. The summed E-state index contributed by atoms with van der Waals surface area (Å²) < 4.78 is 24.3. The monoisotopic (exact) mass is 386 g/mol. The van der Waals surface area contributed by atoms with Crippen molar-refractivity contribution in [3.8, 4) is 0 Å². The van der Waals surface area contributed by atoms with Crippen molar-refractivity contribution in [1.82, 2.24) is 4.83 Å². The number of hydrazone groups is 1. The van der Waals surface area contributed by atoms with Gasteiger partial charge in [-0.2, -0.15) is 18.4 Å². The molecule has 2 aromatic carbocycles. The van der Waals surface area contributed by atoms with Crippen LogP contribution in [0.1, 0.15) is 11.1 Å². The first-order valence-electron chi connectivity index (χ1n) is 6.55. The fourth-order valence-electron chi connectivity index (χ4n) is 1.76. The van der Waals surface area contributed by atoms with E-state index < -0.39 is 21.7 Å². The number of nitrogens with one attached hydrogen (secondary N) is 1. The third-order valence-electron chi connectivity index (χ3n) is 3.00. The first kappa shape index (κ1) is 18.3. The second kappa shape index (κ2) is 7.21. The highest BCUT2D eigenvalue weighted by molar-refractivity contribution is 7.89. The summed E-state index contributed by atoms with van der Waals surface area (Å²) in [6.45, 7) is 1.81. The summed E-state index contributed by atoms with van der Waals surface area (Å²) in [5, 5.41) is 13.1. The van der Waals surface area contributed by atoms with Crippen molar-refractivity contribution in [1.29, 1.82) is 0 Å². The second-order valence-corrected chi connectivity index (χ2v) is 7.28. The molecule has 9 heteroatoms. The summed E-state index contributed by atoms with van der Waals surface area (Å²) in [4.78, 5) is 13.2. The Bertz CT molecular complexity index is 910. The van der Waals surface area contributed by atoms with Crippen LogP contribution in [-0.2, 0) is 14.8 Å². The van der Waals surface area contributed by atoms with Gasteiger partial charge in [-0.15, -0.1) is 0 Å². The number of halogens is 2. The number of rotatable bonds is 5. The minimum atomic E-state index is -3.99. The molecule has 2 rings (SSSR count). The SMILES string of the molecule is Cc1ccc(S(=O)(=O)N/N=C(\C(=O)O)c2ccc(Cl)c(Cl)c2)cc1. The molecule has 0 radical (unpaired) electrons. The molecule has 0 atom stereocenters. The van der Waals surface area contributed by atoms with Crippen LogP contribution in [0.25, 0.3) is 0 Å². The molecule has 0 spiro atoms. The molecule has 0 aliphatic carbocycles. The van der Waals surface area contributed by atoms with Crippen LogP contribution in [0.5, 0.6) is 0 Å². The van der Waals surface area contributed by atoms with Gasteiger partial charge in [-0.1, -0.05) is 47.0 Å². The van der Waals surface area contributed by atoms with E-state index in [1.54, 1.807) is 12.1 Å². The molecular formula is C15H12Cl2N2O4S. The van der Waals surface area contributed by atoms with Crippen molar-refractivity contribution in [3.63, 3.8) is 0 Å². The van der Waals surface area contributed by atoms with Gasteiger partial charge < -0.3 is 5.11 Å². The maximum absolute atomic E-state index is 12.2. The number of carboxylic acids is 1. The topological polar surface area (TPSA) is 95.8 Å². The third kappa shape index (κ3) is 4.25. The lowest BCUT2D eigenvalue weighted by Crippen LogP contribution is -2.24. The number of carboxylic acid groups (broad SMARTS) is 1. The number of hydrogen-bond donors (Lipinski definition) is 2. The summed E-state index contributed by atoms with van der Waals surface area (Å²) in [6, 6.07) is 10.1. The predicted octanol–water partition coefficient (Wildman–Crippen LogP) is 3.07. The molecule has 0 aliphatic rings. The highest BCUT2D eigenvalue weighted by atomic mass is 35.5. The Kier molecular flexibility index (Phi) is 5.48. The summed E-state index contributed by atoms with van der Waals surface area (Å²) in [5.41, 5.74) is 0.493. The van der Waals surface area contributed by atoms with E-state index in [0.29, 0.717) is 0 Å². The van der Waals surface area contributed by atoms with Gasteiger partial charge in [0.2, 0.25) is 0 Å². The summed E-state index contributed by atoms with van der Waals surface area (Å²) >= 11 is 11.6. The smallest absolute Gasteiger partial charge is 0.356 e. The minimum Gasteiger partial charge on any atom is -0.476 e. The largest absolute Gasteiger partial charge is 0.476 e. The molecule has 0 aromatic heterocycles. The Hall–Kier alpha value is -2.09. The van der Waals surface area contributed by atoms with Crippen LogP contribution >= 0.6 is 23.2 Å². The van der Waals surface area contributed by atoms with Crippen molar-refractivity contribution in [3.05, 3.63) is 63.6 Å². The molecule has 0 saturated carbocycles. The van der Waals surface area contributed by atoms with E-state index >= 15 is 0 Å². The van der Waals surface area contributed by atoms with Crippen molar-refractivity contribution in [2.24, 2.45) is 5.10 Å². The molecule has 126 valence electrons. The van der Waals surface area contributed by atoms with Crippen molar-refractivity contribution in [2.45, 2.75) is 11.8 Å². The molecule has 0 heterocycles. The van der Waals surface area contributed by atoms with Gasteiger partial charge in [-0.3, -0.25) is 0 Å². The predicted molar refractivity (Wildman–Crippen MR) is 92.1 cm³/mol. The van der Waals surface area contributed by atoms with E-state index in [4.69, 9.17) is 23.2 Å². The van der Waals surface area contributed by atoms with Gasteiger partial charge in [0.15, 0.2) is 5.71 Å². The van der Waals surface area contributed by atoms with Crippen LogP contribution in [-0.4, -0.2) is 25.2 Å². The van der Waals surface area contributed by atoms with E-state index in [1.165, 1.54) is 30.3 Å². The van der Waals surface area contributed by atoms with E-state index in [9.17, 15) is 18.3 Å². The second-order valence-electron chi connectivity index (χ2n) is 4.80. The molecule has 0 amide bonds. The summed E-state index contributed by atoms with van der Waals surface area (Å²) in [7, 11) is -3.99. The standard InChI is InChI=1S/C15H12Cl2N2O4S/c1-9-2-5-11(6-3-9)24(22,23)19-18-14(15(20)21)10-4-7-12(16)13(17)8-10/h2-8,19H,1H3,(H,20,21)/b18-14-. The molecule has 2 aromatic rings. The Morgan fingerprint density at radius 3 is 2.25 bits per heavy atom. The number of aryl methyl sites for hydroxylation is 1. The molecule has 0 unspecified atom stereocenters. The van der Waals surface area contributed by atoms with Crippen LogP contribution in [0, 0.1) is 6.92 Å². The first-order chi connectivity index (χ1) is 11.2. The molecular weight excluding hydrogens is 375 g/mol. The lowest BCUT2D eigenvalue weighted by Gasteiger charge is -2.07. The van der Waals surface area contributed by atoms with Crippen molar-refractivity contribution < 1.29 is 18.3 Å². The van der Waals surface area contributed by atoms with Gasteiger partial charge in [0, 0.05) is 5.56 Å². The van der Waals surface area contributed by atoms with Crippen LogP contribution in [0.2, 0.25) is 10.0 Å². The Morgan fingerprint density at radius 1 is 1.08 bits per heavy atom. The van der Waals surface area contributed by atoms with Gasteiger partial charge in [0.25, 0.3) is 10.0 Å². The van der Waals surface area contributed by atoms with Crippen molar-refractivity contribution in [2.75, 3.05) is 0 Å². The lowest BCUT2D eigenvalue weighted by molar-refractivity contribution is -0.129. The van der Waals surface area contributed by atoms with Crippen molar-refractivity contribution >= 4 is 44.9 Å². The number of hydrogen-bond acceptors (Lipinski definition) is 4. The Labute approximate surface area is 148 Å². The zero-order valence-electron chi connectivity index (χ0n) is 12.3. The zero-order chi connectivity index (χ0) is 17.9. The quantitative estimate of drug-likeness (QED) is 0.609. The zero-order valence-corrected chi connectivity index (χ0v) is 14.7. The van der Waals surface area contributed by atoms with Gasteiger partial charge in [-0.25, -0.2) is 4.79 Å². The average molecular weight is 387 g/mol. The normalized spacial score (nSPS) is 12.0. The molecule has 2 N–H and O–H groups in total. The van der Waals surface area contributed by atoms with Gasteiger partial charge in [-0.05, 0) is 31.2 Å². The molecule has 24 heavy (non-hydrogen) atoms. The van der Waals surface area contributed by atoms with E-state index in [0.717, 1.165) is 5.56 Å². The lowest BCUT2D eigenvalue weighted by atomic mass is 10.1. The highest BCUT2D eigenvalue weighted by Gasteiger charge is 2.18. The fourth-order valence-corrected chi connectivity index (χ4v) is 2.86. The van der Waals surface area contributed by atoms with Gasteiger partial charge in [0.1, 0.15) is 0 Å². The number of nitrogens with zero attached hydrogens (tertiary/aromatic N) is 1. The highest BCUT2D eigenvalue weighted by Crippen LogP contribution is 2.23. The molecule has 0 aliphatic heterocycles. The molecule has 6 nitrogen and oxygen atoms in total. The first-order valence-corrected chi connectivity index (χ1v) is 8.79. The minimum absolute atomic E-state index is 0.0317. The Morgan fingerprint density at radius 2 is 1.71 bits per heavy atom. The molecule has 0 fully saturated rings. The number of aliphatic carboxylic acids is 1.